The Labute approximate surface area is 502 Å². The average Bonchev–Trinajstić information content (AvgIpc) is 2.31. The van der Waals surface area contributed by atoms with Gasteiger partial charge in [0.25, 0.3) is 0 Å². The normalized spacial score (nSPS) is 13.4. The van der Waals surface area contributed by atoms with Gasteiger partial charge in [0.05, 0.1) is 22.1 Å². The Morgan fingerprint density at radius 2 is 0.605 bits per heavy atom. The number of nitrogens with zero attached hydrogens (tertiary/aromatic N) is 4. The van der Waals surface area contributed by atoms with Gasteiger partial charge in [0.2, 0.25) is 0 Å². The minimum Gasteiger partial charge on any atom is -0.310 e. The summed E-state index contributed by atoms with van der Waals surface area (Å²) in [4.78, 5) is 4.88. The lowest BCUT2D eigenvalue weighted by Gasteiger charge is -2.29. The van der Waals surface area contributed by atoms with Crippen molar-refractivity contribution in [2.75, 3.05) is 9.80 Å². The molecule has 2 aliphatic carbocycles. The first-order valence-electron chi connectivity index (χ1n) is 29.9. The third-order valence-electron chi connectivity index (χ3n) is 18.8. The summed E-state index contributed by atoms with van der Waals surface area (Å²) in [6.07, 6.45) is 3.88. The summed E-state index contributed by atoms with van der Waals surface area (Å²) in [6, 6.07) is 98.9. The lowest BCUT2D eigenvalue weighted by atomic mass is 9.82. The van der Waals surface area contributed by atoms with Gasteiger partial charge in [-0.3, -0.25) is 0 Å². The molecule has 0 saturated heterocycles. The van der Waals surface area contributed by atoms with Crippen LogP contribution in [-0.2, 0) is 10.8 Å². The van der Waals surface area contributed by atoms with Gasteiger partial charge in [-0.25, -0.2) is 0 Å². The minimum atomic E-state index is -0.165. The zero-order valence-corrected chi connectivity index (χ0v) is 48.8. The highest BCUT2D eigenvalue weighted by Gasteiger charge is 2.37. The van der Waals surface area contributed by atoms with E-state index in [9.17, 15) is 0 Å². The van der Waals surface area contributed by atoms with Crippen molar-refractivity contribution in [3.8, 4) is 44.8 Å². The molecule has 2 heterocycles. The standard InChI is InChI=1S/C82H62N4/c1-7-53-27-43-77-69(47-53)71-49-61(39-45-79(71)85(77)57-19-11-9-12-20-57)83(63-37-41-67-65-23-15-17-25-73(65)81(3,4)75(67)51-63)59-33-29-55(30-34-59)56-31-35-60(36-32-56)84(64-38-42-68-66-24-16-18-26-74(66)82(5,6)76(68)52-64)62-40-46-80-72(50-62)70-48-54(8-2)28-44-78(70)86(80)58-21-13-10-14-22-58/h7-52H,1-2H2,3-6H3. The highest BCUT2D eigenvalue weighted by atomic mass is 15.2. The van der Waals surface area contributed by atoms with Crippen molar-refractivity contribution >= 4 is 89.9 Å². The molecule has 0 fully saturated rings. The Morgan fingerprint density at radius 3 is 1.00 bits per heavy atom. The van der Waals surface area contributed by atoms with Crippen molar-refractivity contribution in [3.05, 3.63) is 313 Å². The predicted octanol–water partition coefficient (Wildman–Crippen LogP) is 22.4. The fraction of sp³-hybridized carbons (Fsp3) is 0.0732. The minimum absolute atomic E-state index is 0.165. The molecule has 0 unspecified atom stereocenters. The van der Waals surface area contributed by atoms with Crippen molar-refractivity contribution in [2.24, 2.45) is 0 Å². The molecular formula is C82H62N4. The van der Waals surface area contributed by atoms with E-state index < -0.39 is 0 Å². The molecule has 12 aromatic carbocycles. The molecule has 410 valence electrons. The first kappa shape index (κ1) is 51.0. The maximum Gasteiger partial charge on any atom is 0.0542 e. The smallest absolute Gasteiger partial charge is 0.0542 e. The summed E-state index contributed by atoms with van der Waals surface area (Å²) in [5.41, 5.74) is 28.2. The van der Waals surface area contributed by atoms with Gasteiger partial charge in [0, 0.05) is 77.9 Å². The molecule has 0 aliphatic heterocycles. The highest BCUT2D eigenvalue weighted by molar-refractivity contribution is 6.13. The van der Waals surface area contributed by atoms with Crippen LogP contribution in [0.15, 0.2) is 280 Å². The van der Waals surface area contributed by atoms with Crippen LogP contribution < -0.4 is 9.80 Å². The predicted molar refractivity (Wildman–Crippen MR) is 365 cm³/mol. The van der Waals surface area contributed by atoms with Gasteiger partial charge in [-0.2, -0.15) is 0 Å². The van der Waals surface area contributed by atoms with Crippen molar-refractivity contribution in [1.82, 2.24) is 9.13 Å². The monoisotopic (exact) mass is 1100 g/mol. The van der Waals surface area contributed by atoms with E-state index in [1.807, 2.05) is 12.2 Å². The Hall–Kier alpha value is -10.7. The van der Waals surface area contributed by atoms with E-state index in [0.29, 0.717) is 0 Å². The number of para-hydroxylation sites is 2. The van der Waals surface area contributed by atoms with E-state index in [4.69, 9.17) is 0 Å². The largest absolute Gasteiger partial charge is 0.310 e. The second kappa shape index (κ2) is 19.5. The van der Waals surface area contributed by atoms with Crippen LogP contribution >= 0.6 is 0 Å². The fourth-order valence-corrected chi connectivity index (χ4v) is 14.5. The lowest BCUT2D eigenvalue weighted by Crippen LogP contribution is -2.16. The summed E-state index contributed by atoms with van der Waals surface area (Å²) in [5.74, 6) is 0. The van der Waals surface area contributed by atoms with Gasteiger partial charge in [-0.1, -0.05) is 186 Å². The van der Waals surface area contributed by atoms with Crippen LogP contribution in [0.3, 0.4) is 0 Å². The molecule has 16 rings (SSSR count). The molecule has 0 atom stereocenters. The van der Waals surface area contributed by atoms with Crippen LogP contribution in [0.25, 0.3) is 101 Å². The molecule has 0 radical (unpaired) electrons. The van der Waals surface area contributed by atoms with Crippen molar-refractivity contribution in [1.29, 1.82) is 0 Å². The van der Waals surface area contributed by atoms with Crippen LogP contribution in [0.4, 0.5) is 34.1 Å². The van der Waals surface area contributed by atoms with E-state index in [1.54, 1.807) is 0 Å². The van der Waals surface area contributed by atoms with E-state index in [0.717, 1.165) is 89.8 Å². The average molecular weight is 1100 g/mol. The van der Waals surface area contributed by atoms with Gasteiger partial charge in [-0.05, 0) is 200 Å². The molecule has 0 spiro atoms. The van der Waals surface area contributed by atoms with Crippen molar-refractivity contribution in [3.63, 3.8) is 0 Å². The molecule has 0 amide bonds. The molecule has 4 heteroatoms. The van der Waals surface area contributed by atoms with Crippen LogP contribution in [0, 0.1) is 0 Å². The molecule has 86 heavy (non-hydrogen) atoms. The molecule has 0 N–H and O–H groups in total. The molecule has 0 saturated carbocycles. The molecular weight excluding hydrogens is 1040 g/mol. The summed E-state index contributed by atoms with van der Waals surface area (Å²) < 4.78 is 4.77. The van der Waals surface area contributed by atoms with Gasteiger partial charge >= 0.3 is 0 Å². The van der Waals surface area contributed by atoms with Crippen molar-refractivity contribution in [2.45, 2.75) is 38.5 Å². The maximum atomic E-state index is 4.16. The molecule has 2 aliphatic rings. The second-order valence-corrected chi connectivity index (χ2v) is 24.3. The number of aromatic nitrogens is 2. The number of fused-ring (bicyclic) bond motifs is 12. The number of benzene rings is 12. The van der Waals surface area contributed by atoms with Gasteiger partial charge < -0.3 is 18.9 Å². The van der Waals surface area contributed by atoms with Crippen LogP contribution in [-0.4, -0.2) is 9.13 Å². The molecule has 0 bridgehead atoms. The Kier molecular flexibility index (Phi) is 11.5. The Balaban J connectivity index is 0.816. The zero-order chi connectivity index (χ0) is 58.0. The first-order chi connectivity index (χ1) is 42.0. The second-order valence-electron chi connectivity index (χ2n) is 24.3. The topological polar surface area (TPSA) is 16.3 Å². The fourth-order valence-electron chi connectivity index (χ4n) is 14.5. The molecule has 2 aromatic heterocycles. The lowest BCUT2D eigenvalue weighted by molar-refractivity contribution is 0.660. The van der Waals surface area contributed by atoms with Crippen LogP contribution in [0.5, 0.6) is 0 Å². The Morgan fingerprint density at radius 1 is 0.291 bits per heavy atom. The summed E-state index contributed by atoms with van der Waals surface area (Å²) >= 11 is 0. The SMILES string of the molecule is C=Cc1ccc2c(c1)c1cc(N(c3ccc(-c4ccc(N(c5ccc6c(c5)C(C)(C)c5ccccc5-6)c5ccc6c(c5)c5cc(C=C)ccc5n6-c5ccccc5)cc4)cc3)c3ccc4c(c3)C(C)(C)c3ccccc3-4)ccc1n2-c1ccccc1. The summed E-state index contributed by atoms with van der Waals surface area (Å²) in [6.45, 7) is 17.8. The van der Waals surface area contributed by atoms with E-state index in [2.05, 4.69) is 327 Å². The summed E-state index contributed by atoms with van der Waals surface area (Å²) in [5, 5.41) is 4.75. The van der Waals surface area contributed by atoms with Crippen LogP contribution in [0.1, 0.15) is 61.1 Å². The van der Waals surface area contributed by atoms with E-state index in [-0.39, 0.29) is 10.8 Å². The third-order valence-corrected chi connectivity index (χ3v) is 18.8. The number of hydrogen-bond acceptors (Lipinski definition) is 2. The van der Waals surface area contributed by atoms with Gasteiger partial charge in [0.1, 0.15) is 0 Å². The van der Waals surface area contributed by atoms with E-state index in [1.165, 1.54) is 66.1 Å². The number of hydrogen-bond donors (Lipinski definition) is 0. The highest BCUT2D eigenvalue weighted by Crippen LogP contribution is 2.53. The van der Waals surface area contributed by atoms with Gasteiger partial charge in [-0.15, -0.1) is 0 Å². The van der Waals surface area contributed by atoms with Gasteiger partial charge in [0.15, 0.2) is 0 Å². The third kappa shape index (κ3) is 7.83. The van der Waals surface area contributed by atoms with E-state index >= 15 is 0 Å². The summed E-state index contributed by atoms with van der Waals surface area (Å²) in [7, 11) is 0. The number of anilines is 6. The number of rotatable bonds is 11. The maximum absolute atomic E-state index is 4.16. The quantitative estimate of drug-likeness (QED) is 0.128. The van der Waals surface area contributed by atoms with Crippen LogP contribution in [0.2, 0.25) is 0 Å². The first-order valence-corrected chi connectivity index (χ1v) is 29.9. The molecule has 14 aromatic rings. The zero-order valence-electron chi connectivity index (χ0n) is 48.8. The Bertz CT molecular complexity index is 4750. The van der Waals surface area contributed by atoms with Crippen molar-refractivity contribution < 1.29 is 0 Å². The molecule has 4 nitrogen and oxygen atoms in total.